The molecule has 0 saturated carbocycles. The average Bonchev–Trinajstić information content (AvgIpc) is 2.75. The van der Waals surface area contributed by atoms with Gasteiger partial charge in [-0.3, -0.25) is 4.21 Å². The molecular formula is C11H18N2O4S. The number of nitrogens with zero attached hydrogens (tertiary/aromatic N) is 1. The summed E-state index contributed by atoms with van der Waals surface area (Å²) in [6.45, 7) is 3.96. The lowest BCUT2D eigenvalue weighted by molar-refractivity contribution is 0.0519. The molecule has 0 aliphatic rings. The van der Waals surface area contributed by atoms with E-state index in [1.807, 2.05) is 6.92 Å². The second kappa shape index (κ2) is 7.15. The Hall–Kier alpha value is -1.37. The van der Waals surface area contributed by atoms with Crippen LogP contribution in [0.15, 0.2) is 10.7 Å². The molecule has 102 valence electrons. The van der Waals surface area contributed by atoms with E-state index in [9.17, 15) is 9.00 Å². The van der Waals surface area contributed by atoms with E-state index in [-0.39, 0.29) is 17.8 Å². The summed E-state index contributed by atoms with van der Waals surface area (Å²) in [5, 5.41) is 2.99. The van der Waals surface area contributed by atoms with Gasteiger partial charge in [0.05, 0.1) is 6.61 Å². The quantitative estimate of drug-likeness (QED) is 0.757. The lowest BCUT2D eigenvalue weighted by Gasteiger charge is -2.10. The van der Waals surface area contributed by atoms with Gasteiger partial charge in [0, 0.05) is 28.9 Å². The second-order valence-electron chi connectivity index (χ2n) is 3.87. The molecule has 2 unspecified atom stereocenters. The van der Waals surface area contributed by atoms with Gasteiger partial charge in [-0.25, -0.2) is 4.79 Å². The minimum atomic E-state index is -0.814. The van der Waals surface area contributed by atoms with Gasteiger partial charge in [0.25, 0.3) is 6.01 Å². The third-order valence-corrected chi connectivity index (χ3v) is 3.01. The zero-order valence-electron chi connectivity index (χ0n) is 10.8. The van der Waals surface area contributed by atoms with E-state index >= 15 is 0 Å². The molecule has 1 aromatic heterocycles. The Morgan fingerprint density at radius 1 is 1.67 bits per heavy atom. The predicted octanol–water partition coefficient (Wildman–Crippen LogP) is 1.42. The first-order chi connectivity index (χ1) is 8.52. The number of anilines is 1. The van der Waals surface area contributed by atoms with Crippen LogP contribution in [0.25, 0.3) is 0 Å². The molecule has 0 aliphatic heterocycles. The molecule has 1 heterocycles. The van der Waals surface area contributed by atoms with E-state index in [4.69, 9.17) is 9.15 Å². The van der Waals surface area contributed by atoms with Crippen molar-refractivity contribution in [1.82, 2.24) is 4.98 Å². The van der Waals surface area contributed by atoms with Crippen molar-refractivity contribution < 1.29 is 18.2 Å². The number of hydrogen-bond donors (Lipinski definition) is 1. The lowest BCUT2D eigenvalue weighted by Crippen LogP contribution is -2.18. The highest BCUT2D eigenvalue weighted by Gasteiger charge is 2.14. The molecule has 0 saturated heterocycles. The van der Waals surface area contributed by atoms with Crippen molar-refractivity contribution in [3.8, 4) is 0 Å². The van der Waals surface area contributed by atoms with Gasteiger partial charge >= 0.3 is 5.97 Å². The van der Waals surface area contributed by atoms with Gasteiger partial charge in [0.15, 0.2) is 5.69 Å². The molecule has 2 atom stereocenters. The Kier molecular flexibility index (Phi) is 5.84. The zero-order chi connectivity index (χ0) is 13.5. The lowest BCUT2D eigenvalue weighted by atomic mass is 10.3. The Labute approximate surface area is 109 Å². The third kappa shape index (κ3) is 4.87. The van der Waals surface area contributed by atoms with Crippen LogP contribution < -0.4 is 5.32 Å². The number of carbonyl (C=O) groups excluding carboxylic acids is 1. The Balaban J connectivity index is 2.48. The zero-order valence-corrected chi connectivity index (χ0v) is 11.6. The van der Waals surface area contributed by atoms with Crippen LogP contribution in [0.4, 0.5) is 6.01 Å². The van der Waals surface area contributed by atoms with E-state index < -0.39 is 16.8 Å². The molecule has 1 rings (SSSR count). The number of nitrogens with one attached hydrogen (secondary N) is 1. The molecule has 0 amide bonds. The monoisotopic (exact) mass is 274 g/mol. The number of aromatic nitrogens is 1. The van der Waals surface area contributed by atoms with Crippen molar-refractivity contribution in [3.63, 3.8) is 0 Å². The van der Waals surface area contributed by atoms with Gasteiger partial charge in [-0.15, -0.1) is 0 Å². The summed E-state index contributed by atoms with van der Waals surface area (Å²) < 4.78 is 20.9. The van der Waals surface area contributed by atoms with E-state index in [2.05, 4.69) is 10.3 Å². The number of hydrogen-bond acceptors (Lipinski definition) is 6. The van der Waals surface area contributed by atoms with Gasteiger partial charge in [-0.2, -0.15) is 4.98 Å². The van der Waals surface area contributed by atoms with Crippen LogP contribution in [0.5, 0.6) is 0 Å². The first-order valence-corrected chi connectivity index (χ1v) is 7.44. The van der Waals surface area contributed by atoms with E-state index in [0.29, 0.717) is 12.4 Å². The molecule has 7 heteroatoms. The molecular weight excluding hydrogens is 256 g/mol. The van der Waals surface area contributed by atoms with Gasteiger partial charge < -0.3 is 14.5 Å². The maximum Gasteiger partial charge on any atom is 0.360 e. The van der Waals surface area contributed by atoms with Crippen LogP contribution in [-0.4, -0.2) is 39.8 Å². The predicted molar refractivity (Wildman–Crippen MR) is 69.1 cm³/mol. The molecule has 18 heavy (non-hydrogen) atoms. The fourth-order valence-electron chi connectivity index (χ4n) is 1.26. The minimum absolute atomic E-state index is 0.0718. The number of rotatable bonds is 7. The van der Waals surface area contributed by atoms with Crippen molar-refractivity contribution in [1.29, 1.82) is 0 Å². The molecule has 6 nitrogen and oxygen atoms in total. The average molecular weight is 274 g/mol. The molecule has 1 aromatic rings. The molecule has 0 aromatic carbocycles. The number of carbonyl (C=O) groups is 1. The summed E-state index contributed by atoms with van der Waals surface area (Å²) in [4.78, 5) is 15.3. The molecule has 0 spiro atoms. The van der Waals surface area contributed by atoms with Crippen molar-refractivity contribution in [2.24, 2.45) is 0 Å². The second-order valence-corrected chi connectivity index (χ2v) is 5.42. The summed E-state index contributed by atoms with van der Waals surface area (Å²) in [7, 11) is -0.814. The van der Waals surface area contributed by atoms with Crippen LogP contribution in [-0.2, 0) is 15.5 Å². The van der Waals surface area contributed by atoms with Crippen molar-refractivity contribution in [2.75, 3.05) is 23.9 Å². The highest BCUT2D eigenvalue weighted by atomic mass is 32.2. The topological polar surface area (TPSA) is 81.4 Å². The smallest absolute Gasteiger partial charge is 0.360 e. The first kappa shape index (κ1) is 14.7. The van der Waals surface area contributed by atoms with Crippen LogP contribution in [0.2, 0.25) is 0 Å². The Morgan fingerprint density at radius 2 is 2.39 bits per heavy atom. The fraction of sp³-hybridized carbons (Fsp3) is 0.636. The SMILES string of the molecule is CCOC(=O)c1coc(NC(C)CCS(C)=O)n1. The van der Waals surface area contributed by atoms with Gasteiger partial charge in [-0.05, 0) is 20.3 Å². The maximum absolute atomic E-state index is 11.3. The molecule has 0 radical (unpaired) electrons. The Morgan fingerprint density at radius 3 is 3.00 bits per heavy atom. The fourth-order valence-corrected chi connectivity index (χ4v) is 1.95. The molecule has 0 bridgehead atoms. The maximum atomic E-state index is 11.3. The van der Waals surface area contributed by atoms with Crippen molar-refractivity contribution in [2.45, 2.75) is 26.3 Å². The van der Waals surface area contributed by atoms with E-state index in [1.165, 1.54) is 6.26 Å². The molecule has 0 fully saturated rings. The molecule has 1 N–H and O–H groups in total. The summed E-state index contributed by atoms with van der Waals surface area (Å²) in [6, 6.07) is 0.343. The van der Waals surface area contributed by atoms with Crippen LogP contribution >= 0.6 is 0 Å². The standard InChI is InChI=1S/C11H18N2O4S/c1-4-16-10(14)9-7-17-11(13-9)12-8(2)5-6-18(3)15/h7-8H,4-6H2,1-3H3,(H,12,13). The number of esters is 1. The summed E-state index contributed by atoms with van der Waals surface area (Å²) in [6.07, 6.45) is 3.65. The van der Waals surface area contributed by atoms with Crippen molar-refractivity contribution >= 4 is 22.8 Å². The third-order valence-electron chi connectivity index (χ3n) is 2.20. The number of ether oxygens (including phenoxy) is 1. The van der Waals surface area contributed by atoms with Gasteiger partial charge in [0.2, 0.25) is 0 Å². The van der Waals surface area contributed by atoms with Crippen LogP contribution in [0.1, 0.15) is 30.8 Å². The number of oxazole rings is 1. The van der Waals surface area contributed by atoms with E-state index in [0.717, 1.165) is 6.42 Å². The largest absolute Gasteiger partial charge is 0.461 e. The highest BCUT2D eigenvalue weighted by molar-refractivity contribution is 7.84. The Bertz CT molecular complexity index is 419. The summed E-state index contributed by atoms with van der Waals surface area (Å²) >= 11 is 0. The van der Waals surface area contributed by atoms with Crippen LogP contribution in [0.3, 0.4) is 0 Å². The highest BCUT2D eigenvalue weighted by Crippen LogP contribution is 2.11. The normalized spacial score (nSPS) is 13.9. The summed E-state index contributed by atoms with van der Waals surface area (Å²) in [5.41, 5.74) is 0.144. The van der Waals surface area contributed by atoms with E-state index in [1.54, 1.807) is 13.2 Å². The van der Waals surface area contributed by atoms with Crippen molar-refractivity contribution in [3.05, 3.63) is 12.0 Å². The van der Waals surface area contributed by atoms with Gasteiger partial charge in [-0.1, -0.05) is 0 Å². The summed E-state index contributed by atoms with van der Waals surface area (Å²) in [5.74, 6) is 0.108. The first-order valence-electron chi connectivity index (χ1n) is 5.72. The molecule has 0 aliphatic carbocycles. The minimum Gasteiger partial charge on any atom is -0.461 e. The van der Waals surface area contributed by atoms with Crippen LogP contribution in [0, 0.1) is 0 Å². The van der Waals surface area contributed by atoms with Gasteiger partial charge in [0.1, 0.15) is 6.26 Å².